The lowest BCUT2D eigenvalue weighted by Crippen LogP contribution is -2.21. The van der Waals surface area contributed by atoms with Crippen molar-refractivity contribution in [1.82, 2.24) is 0 Å². The van der Waals surface area contributed by atoms with Crippen LogP contribution >= 0.6 is 0 Å². The van der Waals surface area contributed by atoms with E-state index >= 15 is 0 Å². The zero-order chi connectivity index (χ0) is 12.7. The summed E-state index contributed by atoms with van der Waals surface area (Å²) in [5, 5.41) is 3.00. The summed E-state index contributed by atoms with van der Waals surface area (Å²) < 4.78 is 4.56. The smallest absolute Gasteiger partial charge is 0.325 e. The average Bonchev–Trinajstić information content (AvgIpc) is 2.38. The highest BCUT2D eigenvalue weighted by Gasteiger charge is 2.02. The second kappa shape index (κ2) is 6.78. The molecule has 0 amide bonds. The summed E-state index contributed by atoms with van der Waals surface area (Å²) in [6, 6.07) is 8.03. The van der Waals surface area contributed by atoms with Crippen molar-refractivity contribution in [2.45, 2.75) is 13.8 Å². The van der Waals surface area contributed by atoms with Crippen LogP contribution in [0.1, 0.15) is 13.8 Å². The molecule has 0 saturated carbocycles. The molecule has 0 aliphatic heterocycles. The molecule has 1 N–H and O–H groups in total. The lowest BCUT2D eigenvalue weighted by Gasteiger charge is -2.21. The van der Waals surface area contributed by atoms with Crippen LogP contribution in [0, 0.1) is 0 Å². The number of esters is 1. The number of carbonyl (C=O) groups excluding carboxylic acids is 1. The van der Waals surface area contributed by atoms with Crippen molar-refractivity contribution in [1.29, 1.82) is 0 Å². The number of rotatable bonds is 6. The van der Waals surface area contributed by atoms with E-state index in [2.05, 4.69) is 28.8 Å². The van der Waals surface area contributed by atoms with Crippen LogP contribution in [-0.2, 0) is 9.53 Å². The van der Waals surface area contributed by atoms with E-state index in [1.54, 1.807) is 0 Å². The first kappa shape index (κ1) is 13.4. The molecular weight excluding hydrogens is 216 g/mol. The molecule has 0 radical (unpaired) electrons. The number of hydrogen-bond donors (Lipinski definition) is 1. The van der Waals surface area contributed by atoms with Crippen LogP contribution in [0.15, 0.2) is 24.3 Å². The van der Waals surface area contributed by atoms with Crippen molar-refractivity contribution in [2.75, 3.05) is 37.0 Å². The van der Waals surface area contributed by atoms with Gasteiger partial charge in [0.05, 0.1) is 7.11 Å². The topological polar surface area (TPSA) is 41.6 Å². The zero-order valence-corrected chi connectivity index (χ0v) is 10.7. The molecule has 1 aromatic rings. The van der Waals surface area contributed by atoms with Gasteiger partial charge in [-0.25, -0.2) is 0 Å². The van der Waals surface area contributed by atoms with Gasteiger partial charge in [0.1, 0.15) is 6.54 Å². The highest BCUT2D eigenvalue weighted by atomic mass is 16.5. The summed E-state index contributed by atoms with van der Waals surface area (Å²) in [6.07, 6.45) is 0. The van der Waals surface area contributed by atoms with E-state index in [4.69, 9.17) is 0 Å². The minimum atomic E-state index is -0.266. The van der Waals surface area contributed by atoms with Crippen molar-refractivity contribution >= 4 is 17.3 Å². The van der Waals surface area contributed by atoms with Crippen LogP contribution < -0.4 is 10.2 Å². The van der Waals surface area contributed by atoms with E-state index < -0.39 is 0 Å². The summed E-state index contributed by atoms with van der Waals surface area (Å²) in [6.45, 7) is 6.44. The fourth-order valence-electron chi connectivity index (χ4n) is 1.63. The second-order valence-corrected chi connectivity index (χ2v) is 3.65. The van der Waals surface area contributed by atoms with Crippen LogP contribution in [0.2, 0.25) is 0 Å². The van der Waals surface area contributed by atoms with Gasteiger partial charge in [0, 0.05) is 24.5 Å². The first-order valence-corrected chi connectivity index (χ1v) is 5.87. The summed E-state index contributed by atoms with van der Waals surface area (Å²) in [4.78, 5) is 13.2. The molecule has 0 fully saturated rings. The number of hydrogen-bond acceptors (Lipinski definition) is 4. The molecule has 0 atom stereocenters. The standard InChI is InChI=1S/C13H20N2O2/c1-4-15(5-2)12-8-6-11(7-9-12)14-10-13(16)17-3/h6-9,14H,4-5,10H2,1-3H3. The Bertz CT molecular complexity index is 345. The Morgan fingerprint density at radius 1 is 1.24 bits per heavy atom. The molecular formula is C13H20N2O2. The summed E-state index contributed by atoms with van der Waals surface area (Å²) >= 11 is 0. The molecule has 0 heterocycles. The highest BCUT2D eigenvalue weighted by Crippen LogP contribution is 2.17. The summed E-state index contributed by atoms with van der Waals surface area (Å²) in [5.74, 6) is -0.266. The number of nitrogens with zero attached hydrogens (tertiary/aromatic N) is 1. The summed E-state index contributed by atoms with van der Waals surface area (Å²) in [5.41, 5.74) is 2.12. The molecule has 1 rings (SSSR count). The first-order valence-electron chi connectivity index (χ1n) is 5.87. The van der Waals surface area contributed by atoms with Crippen LogP contribution in [0.5, 0.6) is 0 Å². The maximum Gasteiger partial charge on any atom is 0.325 e. The molecule has 0 aliphatic carbocycles. The lowest BCUT2D eigenvalue weighted by atomic mass is 10.2. The van der Waals surface area contributed by atoms with E-state index in [1.165, 1.54) is 12.8 Å². The zero-order valence-electron chi connectivity index (χ0n) is 10.7. The number of anilines is 2. The van der Waals surface area contributed by atoms with Crippen molar-refractivity contribution in [2.24, 2.45) is 0 Å². The van der Waals surface area contributed by atoms with Gasteiger partial charge in [0.15, 0.2) is 0 Å². The Morgan fingerprint density at radius 2 is 1.82 bits per heavy atom. The van der Waals surface area contributed by atoms with E-state index in [-0.39, 0.29) is 12.5 Å². The molecule has 0 aliphatic rings. The van der Waals surface area contributed by atoms with Crippen molar-refractivity contribution in [3.8, 4) is 0 Å². The van der Waals surface area contributed by atoms with Gasteiger partial charge in [-0.3, -0.25) is 4.79 Å². The van der Waals surface area contributed by atoms with Crippen LogP contribution in [0.4, 0.5) is 11.4 Å². The van der Waals surface area contributed by atoms with E-state index in [1.807, 2.05) is 24.3 Å². The number of ether oxygens (including phenoxy) is 1. The largest absolute Gasteiger partial charge is 0.468 e. The van der Waals surface area contributed by atoms with Gasteiger partial charge in [-0.1, -0.05) is 0 Å². The van der Waals surface area contributed by atoms with Gasteiger partial charge in [0.25, 0.3) is 0 Å². The maximum absolute atomic E-state index is 11.0. The Balaban J connectivity index is 2.58. The molecule has 0 spiro atoms. The lowest BCUT2D eigenvalue weighted by molar-refractivity contribution is -0.138. The molecule has 0 bridgehead atoms. The van der Waals surface area contributed by atoms with Gasteiger partial charge in [-0.05, 0) is 38.1 Å². The van der Waals surface area contributed by atoms with Crippen molar-refractivity contribution in [3.63, 3.8) is 0 Å². The van der Waals surface area contributed by atoms with Crippen molar-refractivity contribution in [3.05, 3.63) is 24.3 Å². The number of benzene rings is 1. The predicted octanol–water partition coefficient (Wildman–Crippen LogP) is 2.12. The highest BCUT2D eigenvalue weighted by molar-refractivity contribution is 5.75. The minimum absolute atomic E-state index is 0.196. The van der Waals surface area contributed by atoms with Gasteiger partial charge in [0.2, 0.25) is 0 Å². The van der Waals surface area contributed by atoms with Crippen molar-refractivity contribution < 1.29 is 9.53 Å². The van der Waals surface area contributed by atoms with Gasteiger partial charge >= 0.3 is 5.97 Å². The Kier molecular flexibility index (Phi) is 5.33. The Morgan fingerprint density at radius 3 is 2.29 bits per heavy atom. The fraction of sp³-hybridized carbons (Fsp3) is 0.462. The number of methoxy groups -OCH3 is 1. The number of nitrogens with one attached hydrogen (secondary N) is 1. The second-order valence-electron chi connectivity index (χ2n) is 3.65. The van der Waals surface area contributed by atoms with Crippen LogP contribution in [0.25, 0.3) is 0 Å². The average molecular weight is 236 g/mol. The molecule has 94 valence electrons. The molecule has 0 saturated heterocycles. The third kappa shape index (κ3) is 3.98. The SMILES string of the molecule is CCN(CC)c1ccc(NCC(=O)OC)cc1. The molecule has 0 unspecified atom stereocenters. The predicted molar refractivity (Wildman–Crippen MR) is 70.5 cm³/mol. The monoisotopic (exact) mass is 236 g/mol. The molecule has 17 heavy (non-hydrogen) atoms. The van der Waals surface area contributed by atoms with E-state index in [0.29, 0.717) is 0 Å². The molecule has 4 nitrogen and oxygen atoms in total. The molecule has 4 heteroatoms. The number of carbonyl (C=O) groups is 1. The van der Waals surface area contributed by atoms with Crippen LogP contribution in [-0.4, -0.2) is 32.7 Å². The van der Waals surface area contributed by atoms with Gasteiger partial charge in [-0.2, -0.15) is 0 Å². The first-order chi connectivity index (χ1) is 8.21. The van der Waals surface area contributed by atoms with Crippen LogP contribution in [0.3, 0.4) is 0 Å². The van der Waals surface area contributed by atoms with E-state index in [9.17, 15) is 4.79 Å². The van der Waals surface area contributed by atoms with E-state index in [0.717, 1.165) is 18.8 Å². The maximum atomic E-state index is 11.0. The quantitative estimate of drug-likeness (QED) is 0.768. The fourth-order valence-corrected chi connectivity index (χ4v) is 1.63. The van der Waals surface area contributed by atoms with Gasteiger partial charge in [-0.15, -0.1) is 0 Å². The molecule has 1 aromatic carbocycles. The summed E-state index contributed by atoms with van der Waals surface area (Å²) in [7, 11) is 1.38. The normalized spacial score (nSPS) is 9.82. The Labute approximate surface area is 103 Å². The Hall–Kier alpha value is -1.71. The third-order valence-electron chi connectivity index (χ3n) is 2.66. The minimum Gasteiger partial charge on any atom is -0.468 e. The third-order valence-corrected chi connectivity index (χ3v) is 2.66. The van der Waals surface area contributed by atoms with Gasteiger partial charge < -0.3 is 15.0 Å². The molecule has 0 aromatic heterocycles.